The summed E-state index contributed by atoms with van der Waals surface area (Å²) in [5.74, 6) is 1.50. The van der Waals surface area contributed by atoms with Crippen LogP contribution in [0.5, 0.6) is 5.75 Å². The summed E-state index contributed by atoms with van der Waals surface area (Å²) in [5.41, 5.74) is 1.72. The van der Waals surface area contributed by atoms with Gasteiger partial charge >= 0.3 is 0 Å². The Kier molecular flexibility index (Phi) is 4.17. The van der Waals surface area contributed by atoms with Crippen molar-refractivity contribution in [2.24, 2.45) is 0 Å². The van der Waals surface area contributed by atoms with Gasteiger partial charge in [-0.2, -0.15) is 0 Å². The van der Waals surface area contributed by atoms with Crippen molar-refractivity contribution in [1.82, 2.24) is 5.32 Å². The lowest BCUT2D eigenvalue weighted by Gasteiger charge is -2.32. The van der Waals surface area contributed by atoms with E-state index in [1.165, 1.54) is 6.07 Å². The lowest BCUT2D eigenvalue weighted by molar-refractivity contribution is 0.169. The molecule has 1 aliphatic heterocycles. The van der Waals surface area contributed by atoms with E-state index in [0.29, 0.717) is 5.56 Å². The largest absolute Gasteiger partial charge is 0.486 e. The number of rotatable bonds is 3. The number of ether oxygens (including phenoxy) is 1. The van der Waals surface area contributed by atoms with Crippen LogP contribution in [0.25, 0.3) is 0 Å². The van der Waals surface area contributed by atoms with Gasteiger partial charge in [0, 0.05) is 16.2 Å². The van der Waals surface area contributed by atoms with Crippen LogP contribution in [-0.2, 0) is 0 Å². The maximum absolute atomic E-state index is 14.2. The van der Waals surface area contributed by atoms with Crippen molar-refractivity contribution < 1.29 is 9.13 Å². The van der Waals surface area contributed by atoms with Crippen molar-refractivity contribution in [3.8, 4) is 5.75 Å². The van der Waals surface area contributed by atoms with Crippen LogP contribution in [0.4, 0.5) is 4.39 Å². The Hall–Kier alpha value is -1.52. The van der Waals surface area contributed by atoms with Crippen LogP contribution < -0.4 is 10.1 Å². The Morgan fingerprint density at radius 1 is 1.29 bits per heavy atom. The second kappa shape index (κ2) is 6.08. The third-order valence-corrected chi connectivity index (χ3v) is 4.84. The number of hydrogen-bond acceptors (Lipinski definition) is 3. The number of hydrogen-bond donors (Lipinski definition) is 1. The van der Waals surface area contributed by atoms with Crippen LogP contribution in [0, 0.1) is 12.7 Å². The second-order valence-electron chi connectivity index (χ2n) is 5.21. The predicted molar refractivity (Wildman–Crippen MR) is 84.5 cm³/mol. The highest BCUT2D eigenvalue weighted by Crippen LogP contribution is 2.38. The third kappa shape index (κ3) is 2.92. The van der Waals surface area contributed by atoms with Crippen LogP contribution in [0.1, 0.15) is 17.2 Å². The summed E-state index contributed by atoms with van der Waals surface area (Å²) in [6.07, 6.45) is -0.0915. The van der Waals surface area contributed by atoms with Crippen molar-refractivity contribution in [2.45, 2.75) is 24.0 Å². The van der Waals surface area contributed by atoms with Crippen LogP contribution >= 0.6 is 11.8 Å². The SMILES string of the molecule is CNC(c1cc(C)ccc1F)C1CSc2ccccc2O1. The van der Waals surface area contributed by atoms with Gasteiger partial charge < -0.3 is 10.1 Å². The normalized spacial score (nSPS) is 18.7. The van der Waals surface area contributed by atoms with E-state index in [4.69, 9.17) is 4.74 Å². The smallest absolute Gasteiger partial charge is 0.133 e. The van der Waals surface area contributed by atoms with Crippen molar-refractivity contribution in [3.63, 3.8) is 0 Å². The average Bonchev–Trinajstić information content (AvgIpc) is 2.51. The first kappa shape index (κ1) is 14.4. The first-order valence-corrected chi connectivity index (χ1v) is 7.99. The van der Waals surface area contributed by atoms with E-state index in [2.05, 4.69) is 11.4 Å². The van der Waals surface area contributed by atoms with Gasteiger partial charge in [0.05, 0.1) is 6.04 Å². The highest BCUT2D eigenvalue weighted by molar-refractivity contribution is 7.99. The molecule has 2 nitrogen and oxygen atoms in total. The molecule has 4 heteroatoms. The molecule has 0 aliphatic carbocycles. The van der Waals surface area contributed by atoms with Crippen LogP contribution in [0.15, 0.2) is 47.4 Å². The zero-order chi connectivity index (χ0) is 14.8. The van der Waals surface area contributed by atoms with E-state index in [9.17, 15) is 4.39 Å². The van der Waals surface area contributed by atoms with E-state index in [1.807, 2.05) is 38.2 Å². The molecule has 0 saturated heterocycles. The summed E-state index contributed by atoms with van der Waals surface area (Å²) in [4.78, 5) is 1.15. The van der Waals surface area contributed by atoms with Gasteiger partial charge in [0.2, 0.25) is 0 Å². The highest BCUT2D eigenvalue weighted by Gasteiger charge is 2.30. The third-order valence-electron chi connectivity index (χ3n) is 3.70. The first-order chi connectivity index (χ1) is 10.2. The molecule has 0 radical (unpaired) electrons. The highest BCUT2D eigenvalue weighted by atomic mass is 32.2. The van der Waals surface area contributed by atoms with E-state index in [1.54, 1.807) is 17.8 Å². The van der Waals surface area contributed by atoms with E-state index in [0.717, 1.165) is 22.0 Å². The fraction of sp³-hybridized carbons (Fsp3) is 0.294. The van der Waals surface area contributed by atoms with Crippen LogP contribution in [0.2, 0.25) is 0 Å². The summed E-state index contributed by atoms with van der Waals surface area (Å²) in [6.45, 7) is 1.97. The molecule has 0 amide bonds. The van der Waals surface area contributed by atoms with E-state index >= 15 is 0 Å². The number of para-hydroxylation sites is 1. The van der Waals surface area contributed by atoms with E-state index < -0.39 is 0 Å². The zero-order valence-corrected chi connectivity index (χ0v) is 12.9. The quantitative estimate of drug-likeness (QED) is 0.928. The molecule has 0 aromatic heterocycles. The summed E-state index contributed by atoms with van der Waals surface area (Å²) >= 11 is 1.76. The van der Waals surface area contributed by atoms with Gasteiger partial charge in [0.1, 0.15) is 17.7 Å². The van der Waals surface area contributed by atoms with Gasteiger partial charge in [0.15, 0.2) is 0 Å². The topological polar surface area (TPSA) is 21.3 Å². The molecule has 110 valence electrons. The average molecular weight is 303 g/mol. The minimum Gasteiger partial charge on any atom is -0.486 e. The van der Waals surface area contributed by atoms with Crippen molar-refractivity contribution in [3.05, 3.63) is 59.4 Å². The summed E-state index contributed by atoms with van der Waals surface area (Å²) < 4.78 is 20.2. The molecular weight excluding hydrogens is 285 g/mol. The number of fused-ring (bicyclic) bond motifs is 1. The molecule has 3 rings (SSSR count). The van der Waals surface area contributed by atoms with Gasteiger partial charge in [-0.05, 0) is 32.2 Å². The molecule has 0 bridgehead atoms. The lowest BCUT2D eigenvalue weighted by atomic mass is 9.99. The summed E-state index contributed by atoms with van der Waals surface area (Å²) in [6, 6.07) is 13.0. The Bertz CT molecular complexity index is 646. The molecule has 0 spiro atoms. The standard InChI is InChI=1S/C17H18FNOS/c1-11-7-8-13(18)12(9-11)17(19-2)15-10-21-16-6-4-3-5-14(16)20-15/h3-9,15,17,19H,10H2,1-2H3. The molecule has 2 aromatic rings. The molecule has 0 fully saturated rings. The summed E-state index contributed by atoms with van der Waals surface area (Å²) in [7, 11) is 1.85. The zero-order valence-electron chi connectivity index (χ0n) is 12.1. The maximum Gasteiger partial charge on any atom is 0.133 e. The maximum atomic E-state index is 14.2. The predicted octanol–water partition coefficient (Wildman–Crippen LogP) is 3.95. The Balaban J connectivity index is 1.90. The fourth-order valence-electron chi connectivity index (χ4n) is 2.64. The molecule has 1 N–H and O–H groups in total. The van der Waals surface area contributed by atoms with E-state index in [-0.39, 0.29) is 18.0 Å². The van der Waals surface area contributed by atoms with Crippen LogP contribution in [0.3, 0.4) is 0 Å². The number of likely N-dealkylation sites (N-methyl/N-ethyl adjacent to an activating group) is 1. The van der Waals surface area contributed by atoms with Gasteiger partial charge in [0.25, 0.3) is 0 Å². The molecule has 2 atom stereocenters. The lowest BCUT2D eigenvalue weighted by Crippen LogP contribution is -2.37. The number of benzene rings is 2. The number of nitrogens with one attached hydrogen (secondary N) is 1. The molecule has 1 heterocycles. The molecule has 2 aromatic carbocycles. The summed E-state index contributed by atoms with van der Waals surface area (Å²) in [5, 5.41) is 3.21. The molecule has 2 unspecified atom stereocenters. The van der Waals surface area contributed by atoms with Gasteiger partial charge in [-0.25, -0.2) is 4.39 Å². The Morgan fingerprint density at radius 2 is 2.10 bits per heavy atom. The number of aryl methyl sites for hydroxylation is 1. The second-order valence-corrected chi connectivity index (χ2v) is 6.27. The van der Waals surface area contributed by atoms with Crippen molar-refractivity contribution in [1.29, 1.82) is 0 Å². The molecule has 1 aliphatic rings. The van der Waals surface area contributed by atoms with Crippen LogP contribution in [-0.4, -0.2) is 18.9 Å². The monoisotopic (exact) mass is 303 g/mol. The molecule has 0 saturated carbocycles. The number of thioether (sulfide) groups is 1. The minimum absolute atomic E-state index is 0.0915. The fourth-order valence-corrected chi connectivity index (χ4v) is 3.68. The Morgan fingerprint density at radius 3 is 2.90 bits per heavy atom. The Labute approximate surface area is 128 Å². The van der Waals surface area contributed by atoms with Crippen molar-refractivity contribution >= 4 is 11.8 Å². The van der Waals surface area contributed by atoms with Gasteiger partial charge in [-0.15, -0.1) is 11.8 Å². The van der Waals surface area contributed by atoms with Crippen molar-refractivity contribution in [2.75, 3.05) is 12.8 Å². The molecule has 21 heavy (non-hydrogen) atoms. The first-order valence-electron chi connectivity index (χ1n) is 7.01. The number of halogens is 1. The van der Waals surface area contributed by atoms with Gasteiger partial charge in [-0.1, -0.05) is 29.8 Å². The van der Waals surface area contributed by atoms with Gasteiger partial charge in [-0.3, -0.25) is 0 Å². The molecular formula is C17H18FNOS. The minimum atomic E-state index is -0.188.